The lowest BCUT2D eigenvalue weighted by Crippen LogP contribution is -2.46. The Bertz CT molecular complexity index is 358. The Morgan fingerprint density at radius 2 is 1.85 bits per heavy atom. The van der Waals surface area contributed by atoms with Crippen molar-refractivity contribution in [1.82, 2.24) is 5.32 Å². The molecule has 0 heterocycles. The summed E-state index contributed by atoms with van der Waals surface area (Å²) in [4.78, 5) is 34.5. The minimum atomic E-state index is -1.31. The van der Waals surface area contributed by atoms with Crippen molar-refractivity contribution in [3.63, 3.8) is 0 Å². The molecular formula is C13H24N2O5. The van der Waals surface area contributed by atoms with Crippen molar-refractivity contribution in [3.8, 4) is 0 Å². The highest BCUT2D eigenvalue weighted by atomic mass is 16.6. The monoisotopic (exact) mass is 288 g/mol. The first kappa shape index (κ1) is 18.4. The summed E-state index contributed by atoms with van der Waals surface area (Å²) in [5.41, 5.74) is 4.72. The lowest BCUT2D eigenvalue weighted by molar-refractivity contribution is -0.158. The zero-order chi connectivity index (χ0) is 15.9. The number of hydrogen-bond acceptors (Lipinski definition) is 5. The molecule has 7 nitrogen and oxygen atoms in total. The van der Waals surface area contributed by atoms with Crippen molar-refractivity contribution in [2.24, 2.45) is 11.7 Å². The van der Waals surface area contributed by atoms with Gasteiger partial charge in [0.15, 0.2) is 0 Å². The molecule has 2 atom stereocenters. The third-order valence-electron chi connectivity index (χ3n) is 2.55. The molecule has 4 N–H and O–H groups in total. The fraction of sp³-hybridized carbons (Fsp3) is 0.769. The van der Waals surface area contributed by atoms with Gasteiger partial charge in [-0.3, -0.25) is 9.59 Å². The molecule has 1 unspecified atom stereocenters. The van der Waals surface area contributed by atoms with Gasteiger partial charge in [0.25, 0.3) is 0 Å². The van der Waals surface area contributed by atoms with Crippen molar-refractivity contribution in [1.29, 1.82) is 0 Å². The quantitative estimate of drug-likeness (QED) is 0.579. The zero-order valence-corrected chi connectivity index (χ0v) is 12.4. The number of carbonyl (C=O) groups is 3. The Hall–Kier alpha value is -1.63. The average molecular weight is 288 g/mol. The van der Waals surface area contributed by atoms with Gasteiger partial charge in [0.1, 0.15) is 11.6 Å². The van der Waals surface area contributed by atoms with E-state index in [1.165, 1.54) is 0 Å². The first-order chi connectivity index (χ1) is 9.10. The van der Waals surface area contributed by atoms with E-state index in [9.17, 15) is 14.4 Å². The molecule has 0 radical (unpaired) electrons. The van der Waals surface area contributed by atoms with Crippen LogP contribution in [-0.4, -0.2) is 41.1 Å². The van der Waals surface area contributed by atoms with Gasteiger partial charge in [-0.15, -0.1) is 0 Å². The highest BCUT2D eigenvalue weighted by molar-refractivity contribution is 5.88. The largest absolute Gasteiger partial charge is 0.480 e. The van der Waals surface area contributed by atoms with Gasteiger partial charge in [-0.1, -0.05) is 6.92 Å². The van der Waals surface area contributed by atoms with E-state index in [0.717, 1.165) is 0 Å². The molecule has 116 valence electrons. The summed E-state index contributed by atoms with van der Waals surface area (Å²) in [5, 5.41) is 11.4. The number of carbonyl (C=O) groups excluding carboxylic acids is 2. The van der Waals surface area contributed by atoms with Gasteiger partial charge in [0.05, 0.1) is 6.42 Å². The number of ether oxygens (including phenoxy) is 1. The van der Waals surface area contributed by atoms with Gasteiger partial charge >= 0.3 is 11.9 Å². The molecule has 0 saturated carbocycles. The van der Waals surface area contributed by atoms with E-state index in [1.54, 1.807) is 27.7 Å². The van der Waals surface area contributed by atoms with Gasteiger partial charge in [-0.05, 0) is 27.2 Å². The van der Waals surface area contributed by atoms with Crippen LogP contribution in [0.1, 0.15) is 40.5 Å². The van der Waals surface area contributed by atoms with Crippen molar-refractivity contribution in [3.05, 3.63) is 0 Å². The molecule has 0 rings (SSSR count). The number of esters is 1. The number of nitrogens with two attached hydrogens (primary N) is 1. The normalized spacial score (nSPS) is 14.2. The number of nitrogens with one attached hydrogen (secondary N) is 1. The maximum atomic E-state index is 11.8. The van der Waals surface area contributed by atoms with Crippen LogP contribution in [0.4, 0.5) is 0 Å². The lowest BCUT2D eigenvalue weighted by atomic mass is 10.1. The van der Waals surface area contributed by atoms with Gasteiger partial charge in [-0.2, -0.15) is 0 Å². The van der Waals surface area contributed by atoms with Crippen molar-refractivity contribution in [2.75, 3.05) is 6.54 Å². The molecule has 0 bridgehead atoms. The second-order valence-electron chi connectivity index (χ2n) is 5.53. The second kappa shape index (κ2) is 7.84. The second-order valence-corrected chi connectivity index (χ2v) is 5.53. The predicted molar refractivity (Wildman–Crippen MR) is 72.9 cm³/mol. The SMILES string of the molecule is CCC(CN)C(=O)N[C@@H](CC(=O)OC(C)(C)C)C(=O)O. The lowest BCUT2D eigenvalue weighted by Gasteiger charge is -2.22. The third kappa shape index (κ3) is 7.08. The summed E-state index contributed by atoms with van der Waals surface area (Å²) < 4.78 is 5.03. The van der Waals surface area contributed by atoms with Crippen molar-refractivity contribution in [2.45, 2.75) is 52.2 Å². The van der Waals surface area contributed by atoms with E-state index < -0.39 is 41.8 Å². The first-order valence-corrected chi connectivity index (χ1v) is 6.55. The number of aliphatic carboxylic acids is 1. The minimum Gasteiger partial charge on any atom is -0.480 e. The maximum Gasteiger partial charge on any atom is 0.326 e. The molecule has 0 aliphatic heterocycles. The number of rotatable bonds is 7. The van der Waals surface area contributed by atoms with E-state index in [4.69, 9.17) is 15.6 Å². The highest BCUT2D eigenvalue weighted by Gasteiger charge is 2.28. The Morgan fingerprint density at radius 3 is 2.20 bits per heavy atom. The predicted octanol–water partition coefficient (Wildman–Crippen LogP) is 0.273. The Labute approximate surface area is 118 Å². The van der Waals surface area contributed by atoms with Crippen LogP contribution in [0.5, 0.6) is 0 Å². The van der Waals surface area contributed by atoms with Crippen LogP contribution in [0.3, 0.4) is 0 Å². The van der Waals surface area contributed by atoms with Crippen LogP contribution in [0.15, 0.2) is 0 Å². The molecule has 0 fully saturated rings. The molecule has 0 aliphatic rings. The fourth-order valence-electron chi connectivity index (χ4n) is 1.50. The molecule has 0 spiro atoms. The molecule has 0 aromatic rings. The zero-order valence-electron chi connectivity index (χ0n) is 12.4. The van der Waals surface area contributed by atoms with Crippen LogP contribution in [0, 0.1) is 5.92 Å². The summed E-state index contributed by atoms with van der Waals surface area (Å²) >= 11 is 0. The van der Waals surface area contributed by atoms with E-state index in [-0.39, 0.29) is 6.54 Å². The third-order valence-corrected chi connectivity index (χ3v) is 2.55. The molecule has 0 saturated heterocycles. The molecule has 7 heteroatoms. The van der Waals surface area contributed by atoms with Gasteiger partial charge in [0.2, 0.25) is 5.91 Å². The molecule has 0 aromatic heterocycles. The van der Waals surface area contributed by atoms with Crippen LogP contribution >= 0.6 is 0 Å². The molecular weight excluding hydrogens is 264 g/mol. The van der Waals surface area contributed by atoms with Gasteiger partial charge in [0, 0.05) is 12.5 Å². The van der Waals surface area contributed by atoms with Crippen molar-refractivity contribution >= 4 is 17.8 Å². The minimum absolute atomic E-state index is 0.126. The highest BCUT2D eigenvalue weighted by Crippen LogP contribution is 2.10. The molecule has 0 aliphatic carbocycles. The average Bonchev–Trinajstić information content (AvgIpc) is 2.26. The first-order valence-electron chi connectivity index (χ1n) is 6.55. The topological polar surface area (TPSA) is 119 Å². The van der Waals surface area contributed by atoms with Gasteiger partial charge < -0.3 is 20.9 Å². The van der Waals surface area contributed by atoms with Crippen LogP contribution < -0.4 is 11.1 Å². The maximum absolute atomic E-state index is 11.8. The van der Waals surface area contributed by atoms with Crippen LogP contribution in [0.2, 0.25) is 0 Å². The van der Waals surface area contributed by atoms with E-state index in [1.807, 2.05) is 0 Å². The number of carboxylic acids is 1. The summed E-state index contributed by atoms with van der Waals surface area (Å²) in [6, 6.07) is -1.31. The van der Waals surface area contributed by atoms with Crippen molar-refractivity contribution < 1.29 is 24.2 Å². The van der Waals surface area contributed by atoms with Crippen LogP contribution in [-0.2, 0) is 19.1 Å². The molecule has 20 heavy (non-hydrogen) atoms. The Morgan fingerprint density at radius 1 is 1.30 bits per heavy atom. The Balaban J connectivity index is 4.63. The molecule has 0 aromatic carbocycles. The smallest absolute Gasteiger partial charge is 0.326 e. The van der Waals surface area contributed by atoms with Gasteiger partial charge in [-0.25, -0.2) is 4.79 Å². The number of carboxylic acid groups (broad SMARTS) is 1. The summed E-state index contributed by atoms with van der Waals surface area (Å²) in [6.45, 7) is 6.95. The standard InChI is InChI=1S/C13H24N2O5/c1-5-8(7-14)11(17)15-9(12(18)19)6-10(16)20-13(2,3)4/h8-9H,5-7,14H2,1-4H3,(H,15,17)(H,18,19)/t8?,9-/m0/s1. The van der Waals surface area contributed by atoms with E-state index in [2.05, 4.69) is 5.32 Å². The van der Waals surface area contributed by atoms with Crippen LogP contribution in [0.25, 0.3) is 0 Å². The number of amides is 1. The molecule has 1 amide bonds. The Kier molecular flexibility index (Phi) is 7.20. The number of hydrogen-bond donors (Lipinski definition) is 3. The fourth-order valence-corrected chi connectivity index (χ4v) is 1.50. The van der Waals surface area contributed by atoms with E-state index >= 15 is 0 Å². The van der Waals surface area contributed by atoms with E-state index in [0.29, 0.717) is 6.42 Å². The summed E-state index contributed by atoms with van der Waals surface area (Å²) in [6.07, 6.45) is 0.0838. The summed E-state index contributed by atoms with van der Waals surface area (Å²) in [5.74, 6) is -2.89. The summed E-state index contributed by atoms with van der Waals surface area (Å²) in [7, 11) is 0.